The zero-order valence-corrected chi connectivity index (χ0v) is 17.1. The topological polar surface area (TPSA) is 69.6 Å². The first-order valence-corrected chi connectivity index (χ1v) is 9.67. The van der Waals surface area contributed by atoms with E-state index in [-0.39, 0.29) is 11.1 Å². The Morgan fingerprint density at radius 3 is 2.22 bits per heavy atom. The van der Waals surface area contributed by atoms with Gasteiger partial charge in [-0.25, -0.2) is 0 Å². The minimum atomic E-state index is -0.238. The Bertz CT molecular complexity index is 1250. The predicted octanol–water partition coefficient (Wildman–Crippen LogP) is 3.31. The summed E-state index contributed by atoms with van der Waals surface area (Å²) in [5.41, 5.74) is 3.08. The Morgan fingerprint density at radius 2 is 1.67 bits per heavy atom. The number of aryl methyl sites for hydroxylation is 2. The molecule has 2 aromatic carbocycles. The van der Waals surface area contributed by atoms with Gasteiger partial charge in [0.1, 0.15) is 16.8 Å². The molecule has 0 amide bonds. The van der Waals surface area contributed by atoms with Gasteiger partial charge in [0.05, 0.1) is 10.2 Å². The Labute approximate surface area is 168 Å². The molecule has 132 valence electrons. The van der Waals surface area contributed by atoms with Crippen LogP contribution in [0.2, 0.25) is 0 Å². The summed E-state index contributed by atoms with van der Waals surface area (Å²) in [4.78, 5) is 13.2. The standard InChI is InChI=1S/C21H14BrN3OS/c1-13-4-3-5-14(2)19(13)25-20(26)18(27-21(25)16(11-23)12-24)10-15-6-8-17(22)9-7-15/h3-10H,1-2H3. The molecule has 0 unspecified atom stereocenters. The number of hydrogen-bond acceptors (Lipinski definition) is 4. The Balaban J connectivity index is 2.45. The molecule has 0 saturated carbocycles. The van der Waals surface area contributed by atoms with Gasteiger partial charge in [0, 0.05) is 4.47 Å². The van der Waals surface area contributed by atoms with Gasteiger partial charge in [0.2, 0.25) is 0 Å². The summed E-state index contributed by atoms with van der Waals surface area (Å²) in [5.74, 6) is 0. The number of thiazole rings is 1. The minimum Gasteiger partial charge on any atom is -0.267 e. The van der Waals surface area contributed by atoms with Crippen LogP contribution in [0.25, 0.3) is 17.3 Å². The zero-order valence-electron chi connectivity index (χ0n) is 14.7. The van der Waals surface area contributed by atoms with Crippen LogP contribution < -0.4 is 14.8 Å². The molecule has 3 rings (SSSR count). The van der Waals surface area contributed by atoms with E-state index in [2.05, 4.69) is 15.9 Å². The van der Waals surface area contributed by atoms with Crippen LogP contribution in [-0.4, -0.2) is 4.57 Å². The highest BCUT2D eigenvalue weighted by atomic mass is 79.9. The van der Waals surface area contributed by atoms with Gasteiger partial charge >= 0.3 is 0 Å². The molecule has 4 nitrogen and oxygen atoms in total. The molecule has 0 aliphatic rings. The van der Waals surface area contributed by atoms with Gasteiger partial charge in [-0.1, -0.05) is 46.3 Å². The van der Waals surface area contributed by atoms with Crippen molar-refractivity contribution in [3.05, 3.63) is 83.2 Å². The molecule has 6 heteroatoms. The number of nitriles is 2. The summed E-state index contributed by atoms with van der Waals surface area (Å²) < 4.78 is 3.26. The number of rotatable bonds is 2. The highest BCUT2D eigenvalue weighted by molar-refractivity contribution is 9.10. The van der Waals surface area contributed by atoms with Crippen LogP contribution in [0.4, 0.5) is 0 Å². The van der Waals surface area contributed by atoms with Gasteiger partial charge < -0.3 is 0 Å². The van der Waals surface area contributed by atoms with Crippen LogP contribution >= 0.6 is 27.3 Å². The molecule has 1 aromatic heterocycles. The average Bonchev–Trinajstić information content (AvgIpc) is 2.95. The molecular weight excluding hydrogens is 422 g/mol. The lowest BCUT2D eigenvalue weighted by Gasteiger charge is -2.10. The molecule has 0 fully saturated rings. The zero-order chi connectivity index (χ0) is 19.6. The second-order valence-electron chi connectivity index (χ2n) is 5.95. The van der Waals surface area contributed by atoms with E-state index in [0.717, 1.165) is 32.5 Å². The number of halogens is 1. The quantitative estimate of drug-likeness (QED) is 0.619. The van der Waals surface area contributed by atoms with Gasteiger partial charge in [-0.3, -0.25) is 9.36 Å². The van der Waals surface area contributed by atoms with E-state index in [0.29, 0.717) is 14.9 Å². The molecule has 0 saturated heterocycles. The van der Waals surface area contributed by atoms with Crippen molar-refractivity contribution < 1.29 is 0 Å². The molecule has 0 radical (unpaired) electrons. The summed E-state index contributed by atoms with van der Waals surface area (Å²) >= 11 is 4.55. The smallest absolute Gasteiger partial charge is 0.267 e. The Morgan fingerprint density at radius 1 is 1.07 bits per heavy atom. The van der Waals surface area contributed by atoms with Crippen LogP contribution in [-0.2, 0) is 0 Å². The molecule has 0 bridgehead atoms. The third-order valence-electron chi connectivity index (χ3n) is 4.09. The fraction of sp³-hybridized carbons (Fsp3) is 0.0952. The summed E-state index contributed by atoms with van der Waals surface area (Å²) in [5, 5.41) is 18.8. The highest BCUT2D eigenvalue weighted by Crippen LogP contribution is 2.16. The fourth-order valence-electron chi connectivity index (χ4n) is 2.84. The number of para-hydroxylation sites is 1. The maximum absolute atomic E-state index is 13.2. The molecule has 3 aromatic rings. The lowest BCUT2D eigenvalue weighted by Crippen LogP contribution is -2.31. The van der Waals surface area contributed by atoms with E-state index in [1.165, 1.54) is 4.57 Å². The van der Waals surface area contributed by atoms with Crippen LogP contribution in [0.1, 0.15) is 16.7 Å². The van der Waals surface area contributed by atoms with E-state index >= 15 is 0 Å². The van der Waals surface area contributed by atoms with Crippen LogP contribution in [0.5, 0.6) is 0 Å². The molecule has 0 spiro atoms. The van der Waals surface area contributed by atoms with E-state index in [9.17, 15) is 15.3 Å². The maximum atomic E-state index is 13.2. The van der Waals surface area contributed by atoms with Crippen molar-refractivity contribution >= 4 is 38.9 Å². The van der Waals surface area contributed by atoms with E-state index in [1.54, 1.807) is 6.08 Å². The fourth-order valence-corrected chi connectivity index (χ4v) is 4.15. The summed E-state index contributed by atoms with van der Waals surface area (Å²) in [6.07, 6.45) is 1.78. The SMILES string of the molecule is Cc1cccc(C)c1-n1c(=C(C#N)C#N)sc(=Cc2ccc(Br)cc2)c1=O. The first-order valence-electron chi connectivity index (χ1n) is 8.06. The van der Waals surface area contributed by atoms with Gasteiger partial charge in [-0.2, -0.15) is 10.5 Å². The van der Waals surface area contributed by atoms with Crippen molar-refractivity contribution in [2.45, 2.75) is 13.8 Å². The third-order valence-corrected chi connectivity index (χ3v) is 5.71. The Hall–Kier alpha value is -2.93. The van der Waals surface area contributed by atoms with Gasteiger partial charge in [0.15, 0.2) is 5.57 Å². The maximum Gasteiger partial charge on any atom is 0.273 e. The average molecular weight is 436 g/mol. The van der Waals surface area contributed by atoms with Gasteiger partial charge in [-0.05, 0) is 48.7 Å². The number of benzene rings is 2. The molecule has 0 aliphatic carbocycles. The van der Waals surface area contributed by atoms with Crippen LogP contribution in [0.15, 0.2) is 51.7 Å². The third kappa shape index (κ3) is 3.64. The monoisotopic (exact) mass is 435 g/mol. The first-order chi connectivity index (χ1) is 13.0. The van der Waals surface area contributed by atoms with E-state index < -0.39 is 0 Å². The van der Waals surface area contributed by atoms with Crippen molar-refractivity contribution in [3.63, 3.8) is 0 Å². The number of hydrogen-bond donors (Lipinski definition) is 0. The first kappa shape index (κ1) is 18.8. The molecule has 27 heavy (non-hydrogen) atoms. The Kier molecular flexibility index (Phi) is 5.41. The minimum absolute atomic E-state index is 0.0739. The largest absolute Gasteiger partial charge is 0.273 e. The molecule has 0 aliphatic heterocycles. The van der Waals surface area contributed by atoms with Gasteiger partial charge in [-0.15, -0.1) is 11.3 Å². The summed E-state index contributed by atoms with van der Waals surface area (Å²) in [7, 11) is 0. The van der Waals surface area contributed by atoms with Crippen molar-refractivity contribution in [1.29, 1.82) is 10.5 Å². The highest BCUT2D eigenvalue weighted by Gasteiger charge is 2.14. The lowest BCUT2D eigenvalue weighted by atomic mass is 10.1. The van der Waals surface area contributed by atoms with Crippen molar-refractivity contribution in [2.75, 3.05) is 0 Å². The lowest BCUT2D eigenvalue weighted by molar-refractivity contribution is 0.962. The van der Waals surface area contributed by atoms with Gasteiger partial charge in [0.25, 0.3) is 5.56 Å². The second-order valence-corrected chi connectivity index (χ2v) is 7.89. The van der Waals surface area contributed by atoms with Crippen molar-refractivity contribution in [3.8, 4) is 17.8 Å². The molecule has 1 heterocycles. The molecule has 0 atom stereocenters. The van der Waals surface area contributed by atoms with Crippen LogP contribution in [0.3, 0.4) is 0 Å². The second kappa shape index (κ2) is 7.75. The van der Waals surface area contributed by atoms with E-state index in [4.69, 9.17) is 0 Å². The van der Waals surface area contributed by atoms with E-state index in [1.807, 2.05) is 68.5 Å². The number of aromatic nitrogens is 1. The van der Waals surface area contributed by atoms with Crippen molar-refractivity contribution in [2.24, 2.45) is 0 Å². The van der Waals surface area contributed by atoms with Crippen molar-refractivity contribution in [1.82, 2.24) is 4.57 Å². The normalized spacial score (nSPS) is 11.1. The molecule has 0 N–H and O–H groups in total. The summed E-state index contributed by atoms with van der Waals surface area (Å²) in [6.45, 7) is 3.82. The van der Waals surface area contributed by atoms with Crippen LogP contribution in [0, 0.1) is 36.5 Å². The summed E-state index contributed by atoms with van der Waals surface area (Å²) in [6, 6.07) is 17.1. The predicted molar refractivity (Wildman–Crippen MR) is 111 cm³/mol. The number of nitrogens with zero attached hydrogens (tertiary/aromatic N) is 3. The molecular formula is C21H14BrN3OS.